The third kappa shape index (κ3) is 3.24. The fourth-order valence-electron chi connectivity index (χ4n) is 2.36. The van der Waals surface area contributed by atoms with Crippen molar-refractivity contribution in [2.45, 2.75) is 39.7 Å². The summed E-state index contributed by atoms with van der Waals surface area (Å²) in [6.45, 7) is 7.44. The Bertz CT molecular complexity index is 481. The maximum atomic E-state index is 12.8. The zero-order valence-corrected chi connectivity index (χ0v) is 12.6. The molecule has 0 radical (unpaired) electrons. The molecule has 110 valence electrons. The number of amides is 1. The van der Waals surface area contributed by atoms with E-state index in [1.807, 2.05) is 17.9 Å². The van der Waals surface area contributed by atoms with E-state index in [-0.39, 0.29) is 5.91 Å². The van der Waals surface area contributed by atoms with Crippen molar-refractivity contribution in [1.82, 2.24) is 4.90 Å². The Labute approximate surface area is 120 Å². The van der Waals surface area contributed by atoms with E-state index < -0.39 is 0 Å². The number of benzene rings is 1. The average Bonchev–Trinajstić information content (AvgIpc) is 3.22. The third-order valence-corrected chi connectivity index (χ3v) is 3.37. The number of nitrogen functional groups attached to an aromatic ring is 1. The summed E-state index contributed by atoms with van der Waals surface area (Å²) in [5.74, 6) is 1.02. The summed E-state index contributed by atoms with van der Waals surface area (Å²) in [5, 5.41) is 0. The first-order chi connectivity index (χ1) is 9.54. The maximum Gasteiger partial charge on any atom is 0.257 e. The van der Waals surface area contributed by atoms with Crippen molar-refractivity contribution in [2.75, 3.05) is 18.9 Å². The minimum Gasteiger partial charge on any atom is -0.491 e. The van der Waals surface area contributed by atoms with Crippen LogP contribution in [0.4, 0.5) is 5.69 Å². The minimum atomic E-state index is 0.0388. The highest BCUT2D eigenvalue weighted by atomic mass is 16.5. The summed E-state index contributed by atoms with van der Waals surface area (Å²) >= 11 is 0. The van der Waals surface area contributed by atoms with E-state index in [1.54, 1.807) is 12.1 Å². The van der Waals surface area contributed by atoms with Gasteiger partial charge in [0.15, 0.2) is 5.75 Å². The highest BCUT2D eigenvalue weighted by Crippen LogP contribution is 2.33. The van der Waals surface area contributed by atoms with Crippen molar-refractivity contribution in [1.29, 1.82) is 0 Å². The van der Waals surface area contributed by atoms with E-state index in [9.17, 15) is 4.79 Å². The van der Waals surface area contributed by atoms with Crippen LogP contribution < -0.4 is 10.5 Å². The van der Waals surface area contributed by atoms with Gasteiger partial charge in [-0.15, -0.1) is 0 Å². The number of ether oxygens (including phenoxy) is 1. The van der Waals surface area contributed by atoms with E-state index in [4.69, 9.17) is 10.5 Å². The van der Waals surface area contributed by atoms with Crippen LogP contribution in [0.25, 0.3) is 0 Å². The van der Waals surface area contributed by atoms with E-state index >= 15 is 0 Å². The van der Waals surface area contributed by atoms with Crippen molar-refractivity contribution in [3.63, 3.8) is 0 Å². The standard InChI is InChI=1S/C16H24N2O2/c1-4-20-15-13(6-5-7-14(15)17)16(19)18(10-11(2)3)12-8-9-12/h5-7,11-12H,4,8-10,17H2,1-3H3. The monoisotopic (exact) mass is 276 g/mol. The van der Waals surface area contributed by atoms with Gasteiger partial charge in [0.2, 0.25) is 0 Å². The Morgan fingerprint density at radius 1 is 1.45 bits per heavy atom. The number of hydrogen-bond acceptors (Lipinski definition) is 3. The van der Waals surface area contributed by atoms with Crippen molar-refractivity contribution >= 4 is 11.6 Å². The predicted molar refractivity (Wildman–Crippen MR) is 80.9 cm³/mol. The molecule has 0 saturated heterocycles. The highest BCUT2D eigenvalue weighted by Gasteiger charge is 2.34. The lowest BCUT2D eigenvalue weighted by molar-refractivity contribution is 0.0718. The second-order valence-corrected chi connectivity index (χ2v) is 5.74. The fraction of sp³-hybridized carbons (Fsp3) is 0.562. The van der Waals surface area contributed by atoms with Gasteiger partial charge in [-0.3, -0.25) is 4.79 Å². The van der Waals surface area contributed by atoms with Crippen LogP contribution in [-0.2, 0) is 0 Å². The number of rotatable bonds is 6. The van der Waals surface area contributed by atoms with E-state index in [2.05, 4.69) is 13.8 Å². The SMILES string of the molecule is CCOc1c(N)cccc1C(=O)N(CC(C)C)C1CC1. The number of nitrogens with two attached hydrogens (primary N) is 1. The van der Waals surface area contributed by atoms with Crippen molar-refractivity contribution < 1.29 is 9.53 Å². The molecule has 0 aliphatic heterocycles. The molecule has 4 heteroatoms. The Balaban J connectivity index is 2.28. The number of nitrogens with zero attached hydrogens (tertiary/aromatic N) is 1. The lowest BCUT2D eigenvalue weighted by Crippen LogP contribution is -2.36. The Hall–Kier alpha value is -1.71. The Kier molecular flexibility index (Phi) is 4.53. The topological polar surface area (TPSA) is 55.6 Å². The van der Waals surface area contributed by atoms with Gasteiger partial charge in [-0.1, -0.05) is 19.9 Å². The molecular formula is C16H24N2O2. The molecular weight excluding hydrogens is 252 g/mol. The smallest absolute Gasteiger partial charge is 0.257 e. The quantitative estimate of drug-likeness (QED) is 0.813. The molecule has 4 nitrogen and oxygen atoms in total. The summed E-state index contributed by atoms with van der Waals surface area (Å²) in [4.78, 5) is 14.8. The van der Waals surface area contributed by atoms with E-state index in [1.165, 1.54) is 0 Å². The highest BCUT2D eigenvalue weighted by molar-refractivity contribution is 5.99. The van der Waals surface area contributed by atoms with Crippen LogP contribution >= 0.6 is 0 Å². The van der Waals surface area contributed by atoms with Crippen LogP contribution in [0, 0.1) is 5.92 Å². The van der Waals surface area contributed by atoms with Gasteiger partial charge in [0.25, 0.3) is 5.91 Å². The van der Waals surface area contributed by atoms with Crippen LogP contribution in [0.15, 0.2) is 18.2 Å². The van der Waals surface area contributed by atoms with Gasteiger partial charge >= 0.3 is 0 Å². The summed E-state index contributed by atoms with van der Waals surface area (Å²) < 4.78 is 5.57. The number of hydrogen-bond donors (Lipinski definition) is 1. The molecule has 0 heterocycles. The van der Waals surface area contributed by atoms with Crippen LogP contribution in [0.1, 0.15) is 44.0 Å². The normalized spacial score (nSPS) is 14.4. The maximum absolute atomic E-state index is 12.8. The van der Waals surface area contributed by atoms with Crippen LogP contribution in [-0.4, -0.2) is 30.0 Å². The molecule has 0 spiro atoms. The first-order valence-electron chi connectivity index (χ1n) is 7.36. The first kappa shape index (κ1) is 14.7. The number of para-hydroxylation sites is 1. The molecule has 0 atom stereocenters. The van der Waals surface area contributed by atoms with E-state index in [0.717, 1.165) is 19.4 Å². The molecule has 1 aromatic carbocycles. The van der Waals surface area contributed by atoms with Crippen molar-refractivity contribution in [3.8, 4) is 5.75 Å². The predicted octanol–water partition coefficient (Wildman–Crippen LogP) is 2.93. The second kappa shape index (κ2) is 6.16. The third-order valence-electron chi connectivity index (χ3n) is 3.37. The van der Waals surface area contributed by atoms with Gasteiger partial charge in [0, 0.05) is 12.6 Å². The first-order valence-corrected chi connectivity index (χ1v) is 7.36. The Morgan fingerprint density at radius 2 is 2.15 bits per heavy atom. The zero-order valence-electron chi connectivity index (χ0n) is 12.6. The van der Waals surface area contributed by atoms with Gasteiger partial charge in [-0.25, -0.2) is 0 Å². The van der Waals surface area contributed by atoms with Gasteiger partial charge < -0.3 is 15.4 Å². The molecule has 0 bridgehead atoms. The van der Waals surface area contributed by atoms with Crippen LogP contribution in [0.3, 0.4) is 0 Å². The minimum absolute atomic E-state index is 0.0388. The molecule has 1 fully saturated rings. The van der Waals surface area contributed by atoms with Crippen molar-refractivity contribution in [2.24, 2.45) is 5.92 Å². The lowest BCUT2D eigenvalue weighted by atomic mass is 10.1. The van der Waals surface area contributed by atoms with E-state index in [0.29, 0.717) is 35.6 Å². The van der Waals surface area contributed by atoms with Gasteiger partial charge in [0.05, 0.1) is 17.9 Å². The van der Waals surface area contributed by atoms with Crippen LogP contribution in [0.2, 0.25) is 0 Å². The zero-order chi connectivity index (χ0) is 14.7. The molecule has 1 aliphatic rings. The molecule has 2 rings (SSSR count). The fourth-order valence-corrected chi connectivity index (χ4v) is 2.36. The summed E-state index contributed by atoms with van der Waals surface area (Å²) in [6.07, 6.45) is 2.20. The number of carbonyl (C=O) groups is 1. The largest absolute Gasteiger partial charge is 0.491 e. The van der Waals surface area contributed by atoms with Gasteiger partial charge in [-0.05, 0) is 37.8 Å². The lowest BCUT2D eigenvalue weighted by Gasteiger charge is -2.25. The van der Waals surface area contributed by atoms with Crippen molar-refractivity contribution in [3.05, 3.63) is 23.8 Å². The van der Waals surface area contributed by atoms with Gasteiger partial charge in [-0.2, -0.15) is 0 Å². The number of carbonyl (C=O) groups excluding carboxylic acids is 1. The second-order valence-electron chi connectivity index (χ2n) is 5.74. The molecule has 0 aromatic heterocycles. The molecule has 1 amide bonds. The molecule has 1 aliphatic carbocycles. The molecule has 2 N–H and O–H groups in total. The average molecular weight is 276 g/mol. The van der Waals surface area contributed by atoms with Gasteiger partial charge in [0.1, 0.15) is 0 Å². The van der Waals surface area contributed by atoms with Crippen LogP contribution in [0.5, 0.6) is 5.75 Å². The molecule has 1 aromatic rings. The molecule has 20 heavy (non-hydrogen) atoms. The molecule has 1 saturated carbocycles. The molecule has 0 unspecified atom stereocenters. The number of anilines is 1. The summed E-state index contributed by atoms with van der Waals surface area (Å²) in [6, 6.07) is 5.78. The summed E-state index contributed by atoms with van der Waals surface area (Å²) in [5.41, 5.74) is 7.05. The summed E-state index contributed by atoms with van der Waals surface area (Å²) in [7, 11) is 0. The Morgan fingerprint density at radius 3 is 2.70 bits per heavy atom.